The highest BCUT2D eigenvalue weighted by Crippen LogP contribution is 2.29. The van der Waals surface area contributed by atoms with Crippen LogP contribution in [0.2, 0.25) is 0 Å². The third-order valence-corrected chi connectivity index (χ3v) is 2.35. The molecule has 0 bridgehead atoms. The number of rotatable bonds is 6. The van der Waals surface area contributed by atoms with Gasteiger partial charge >= 0.3 is 0 Å². The quantitative estimate of drug-likeness (QED) is 0.633. The molecule has 1 unspecified atom stereocenters. The highest BCUT2D eigenvalue weighted by molar-refractivity contribution is 5.84. The molecule has 13 heavy (non-hydrogen) atoms. The van der Waals surface area contributed by atoms with Gasteiger partial charge in [-0.15, -0.1) is 0 Å². The Bertz CT molecular complexity index is 171. The summed E-state index contributed by atoms with van der Waals surface area (Å²) < 4.78 is 5.47. The largest absolute Gasteiger partial charge is 0.371 e. The Labute approximate surface area is 80.7 Å². The van der Waals surface area contributed by atoms with Crippen LogP contribution in [0, 0.1) is 11.8 Å². The lowest BCUT2D eigenvalue weighted by atomic mass is 10.1. The van der Waals surface area contributed by atoms with Crippen molar-refractivity contribution in [3.63, 3.8) is 0 Å². The van der Waals surface area contributed by atoms with Crippen LogP contribution in [-0.2, 0) is 9.53 Å². The smallest absolute Gasteiger partial charge is 0.161 e. The summed E-state index contributed by atoms with van der Waals surface area (Å²) in [4.78, 5) is 11.3. The normalized spacial score (nSPS) is 19.1. The molecule has 0 aliphatic heterocycles. The molecular weight excluding hydrogens is 164 g/mol. The van der Waals surface area contributed by atoms with Crippen molar-refractivity contribution in [3.05, 3.63) is 0 Å². The summed E-state index contributed by atoms with van der Waals surface area (Å²) in [5.41, 5.74) is 0. The molecule has 1 atom stereocenters. The summed E-state index contributed by atoms with van der Waals surface area (Å²) in [6.45, 7) is 6.71. The molecule has 76 valence electrons. The Balaban J connectivity index is 2.06. The van der Waals surface area contributed by atoms with Crippen LogP contribution in [-0.4, -0.2) is 18.5 Å². The van der Waals surface area contributed by atoms with Gasteiger partial charge in [-0.05, 0) is 32.1 Å². The zero-order chi connectivity index (χ0) is 9.84. The zero-order valence-electron chi connectivity index (χ0n) is 8.88. The average Bonchev–Trinajstić information content (AvgIpc) is 2.80. The van der Waals surface area contributed by atoms with Crippen molar-refractivity contribution in [2.75, 3.05) is 6.61 Å². The molecule has 0 aromatic carbocycles. The minimum absolute atomic E-state index is 0.225. The van der Waals surface area contributed by atoms with Crippen LogP contribution in [0.5, 0.6) is 0 Å². The lowest BCUT2D eigenvalue weighted by Gasteiger charge is -2.14. The van der Waals surface area contributed by atoms with Crippen LogP contribution in [0.3, 0.4) is 0 Å². The van der Waals surface area contributed by atoms with Gasteiger partial charge in [0, 0.05) is 5.92 Å². The van der Waals surface area contributed by atoms with Gasteiger partial charge in [-0.1, -0.05) is 13.8 Å². The molecule has 0 saturated heterocycles. The molecular formula is C11H20O2. The third-order valence-electron chi connectivity index (χ3n) is 2.35. The topological polar surface area (TPSA) is 26.3 Å². The van der Waals surface area contributed by atoms with Crippen LogP contribution in [0.15, 0.2) is 0 Å². The monoisotopic (exact) mass is 184 g/mol. The molecule has 2 nitrogen and oxygen atoms in total. The van der Waals surface area contributed by atoms with E-state index in [-0.39, 0.29) is 6.10 Å². The fourth-order valence-corrected chi connectivity index (χ4v) is 1.48. The van der Waals surface area contributed by atoms with Crippen molar-refractivity contribution in [1.82, 2.24) is 0 Å². The van der Waals surface area contributed by atoms with Crippen molar-refractivity contribution < 1.29 is 9.53 Å². The average molecular weight is 184 g/mol. The van der Waals surface area contributed by atoms with Crippen molar-refractivity contribution in [3.8, 4) is 0 Å². The number of hydrogen-bond donors (Lipinski definition) is 0. The van der Waals surface area contributed by atoms with Gasteiger partial charge in [0.05, 0.1) is 6.10 Å². The summed E-state index contributed by atoms with van der Waals surface area (Å²) in [5, 5.41) is 0. The van der Waals surface area contributed by atoms with Gasteiger partial charge in [0.15, 0.2) is 5.78 Å². The predicted octanol–water partition coefficient (Wildman–Crippen LogP) is 2.42. The molecule has 1 rings (SSSR count). The molecule has 1 aliphatic carbocycles. The fraction of sp³-hybridized carbons (Fsp3) is 0.909. The van der Waals surface area contributed by atoms with Gasteiger partial charge in [-0.3, -0.25) is 4.79 Å². The van der Waals surface area contributed by atoms with Crippen molar-refractivity contribution in [2.24, 2.45) is 11.8 Å². The molecule has 1 fully saturated rings. The van der Waals surface area contributed by atoms with Crippen LogP contribution in [0.25, 0.3) is 0 Å². The lowest BCUT2D eigenvalue weighted by molar-refractivity contribution is -0.126. The van der Waals surface area contributed by atoms with Gasteiger partial charge < -0.3 is 4.74 Å². The second-order valence-corrected chi connectivity index (χ2v) is 4.49. The fourth-order valence-electron chi connectivity index (χ4n) is 1.48. The highest BCUT2D eigenvalue weighted by atomic mass is 16.5. The van der Waals surface area contributed by atoms with E-state index in [1.165, 1.54) is 0 Å². The van der Waals surface area contributed by atoms with E-state index in [1.807, 2.05) is 6.92 Å². The molecule has 0 amide bonds. The molecule has 1 aliphatic rings. The summed E-state index contributed by atoms with van der Waals surface area (Å²) in [6, 6.07) is 0. The van der Waals surface area contributed by atoms with Gasteiger partial charge in [0.25, 0.3) is 0 Å². The van der Waals surface area contributed by atoms with E-state index in [0.717, 1.165) is 19.3 Å². The minimum Gasteiger partial charge on any atom is -0.371 e. The molecule has 0 radical (unpaired) electrons. The highest BCUT2D eigenvalue weighted by Gasteiger charge is 2.29. The number of carbonyl (C=O) groups excluding carboxylic acids is 1. The van der Waals surface area contributed by atoms with Crippen LogP contribution < -0.4 is 0 Å². The van der Waals surface area contributed by atoms with E-state index in [2.05, 4.69) is 13.8 Å². The maximum Gasteiger partial charge on any atom is 0.161 e. The Morgan fingerprint density at radius 2 is 2.00 bits per heavy atom. The van der Waals surface area contributed by atoms with Gasteiger partial charge in [-0.25, -0.2) is 0 Å². The second-order valence-electron chi connectivity index (χ2n) is 4.49. The molecule has 0 heterocycles. The third kappa shape index (κ3) is 4.41. The molecule has 1 saturated carbocycles. The second kappa shape index (κ2) is 4.75. The molecule has 0 spiro atoms. The van der Waals surface area contributed by atoms with Crippen LogP contribution in [0.4, 0.5) is 0 Å². The van der Waals surface area contributed by atoms with Gasteiger partial charge in [0.1, 0.15) is 6.61 Å². The summed E-state index contributed by atoms with van der Waals surface area (Å²) in [7, 11) is 0. The molecule has 0 aromatic heterocycles. The van der Waals surface area contributed by atoms with Crippen molar-refractivity contribution >= 4 is 5.78 Å². The van der Waals surface area contributed by atoms with E-state index >= 15 is 0 Å². The Kier molecular flexibility index (Phi) is 3.91. The predicted molar refractivity (Wildman–Crippen MR) is 52.6 cm³/mol. The van der Waals surface area contributed by atoms with Crippen LogP contribution >= 0.6 is 0 Å². The number of hydrogen-bond acceptors (Lipinski definition) is 2. The van der Waals surface area contributed by atoms with E-state index in [4.69, 9.17) is 4.74 Å². The van der Waals surface area contributed by atoms with Crippen molar-refractivity contribution in [2.45, 2.75) is 46.1 Å². The number of ether oxygens (including phenoxy) is 1. The SMILES string of the molecule is CC(C)CC(C)OCC(=O)C1CC1. The van der Waals surface area contributed by atoms with E-state index in [1.54, 1.807) is 0 Å². The van der Waals surface area contributed by atoms with Gasteiger partial charge in [-0.2, -0.15) is 0 Å². The Morgan fingerprint density at radius 1 is 1.38 bits per heavy atom. The molecule has 2 heteroatoms. The Hall–Kier alpha value is -0.370. The van der Waals surface area contributed by atoms with E-state index in [0.29, 0.717) is 24.2 Å². The summed E-state index contributed by atoms with van der Waals surface area (Å²) >= 11 is 0. The van der Waals surface area contributed by atoms with Crippen LogP contribution in [0.1, 0.15) is 40.0 Å². The maximum absolute atomic E-state index is 11.3. The number of Topliss-reactive ketones (excluding diaryl/α,β-unsaturated/α-hetero) is 1. The first-order valence-electron chi connectivity index (χ1n) is 5.24. The summed E-state index contributed by atoms with van der Waals surface area (Å²) in [5.74, 6) is 1.29. The standard InChI is InChI=1S/C11H20O2/c1-8(2)6-9(3)13-7-11(12)10-4-5-10/h8-10H,4-7H2,1-3H3. The lowest BCUT2D eigenvalue weighted by Crippen LogP contribution is -2.18. The Morgan fingerprint density at radius 3 is 2.46 bits per heavy atom. The first-order chi connectivity index (χ1) is 6.09. The zero-order valence-corrected chi connectivity index (χ0v) is 8.88. The molecule has 0 N–H and O–H groups in total. The summed E-state index contributed by atoms with van der Waals surface area (Å²) in [6.07, 6.45) is 3.43. The van der Waals surface area contributed by atoms with E-state index in [9.17, 15) is 4.79 Å². The maximum atomic E-state index is 11.3. The number of ketones is 1. The van der Waals surface area contributed by atoms with Crippen molar-refractivity contribution in [1.29, 1.82) is 0 Å². The molecule has 0 aromatic rings. The minimum atomic E-state index is 0.225. The first kappa shape index (κ1) is 10.7. The first-order valence-corrected chi connectivity index (χ1v) is 5.24. The van der Waals surface area contributed by atoms with E-state index < -0.39 is 0 Å². The number of carbonyl (C=O) groups is 1. The van der Waals surface area contributed by atoms with Gasteiger partial charge in [0.2, 0.25) is 0 Å².